The van der Waals surface area contributed by atoms with Crippen LogP contribution in [0.25, 0.3) is 0 Å². The van der Waals surface area contributed by atoms with Crippen molar-refractivity contribution in [3.8, 4) is 0 Å². The number of rotatable bonds is 8. The number of fused-ring (bicyclic) bond motifs is 5. The zero-order chi connectivity index (χ0) is 24.0. The van der Waals surface area contributed by atoms with Gasteiger partial charge in [0.2, 0.25) is 0 Å². The van der Waals surface area contributed by atoms with Crippen molar-refractivity contribution in [2.45, 2.75) is 125 Å². The molecular weight excluding hydrogens is 400 g/mol. The maximum Gasteiger partial charge on any atom is 0.0574 e. The van der Waals surface area contributed by atoms with Crippen LogP contribution in [0.3, 0.4) is 0 Å². The van der Waals surface area contributed by atoms with E-state index in [2.05, 4.69) is 54.2 Å². The van der Waals surface area contributed by atoms with Gasteiger partial charge in [-0.05, 0) is 128 Å². The Labute approximate surface area is 206 Å². The monoisotopic (exact) mass is 456 g/mol. The van der Waals surface area contributed by atoms with Gasteiger partial charge in [-0.25, -0.2) is 0 Å². The van der Waals surface area contributed by atoms with E-state index < -0.39 is 0 Å². The largest absolute Gasteiger partial charge is 0.393 e. The number of aliphatic hydroxyl groups excluding tert-OH is 1. The lowest BCUT2D eigenvalue weighted by atomic mass is 9.43. The van der Waals surface area contributed by atoms with E-state index >= 15 is 0 Å². The van der Waals surface area contributed by atoms with Crippen molar-refractivity contribution in [1.82, 2.24) is 0 Å². The molecule has 190 valence electrons. The van der Waals surface area contributed by atoms with Crippen LogP contribution < -0.4 is 0 Å². The lowest BCUT2D eigenvalue weighted by Crippen LogP contribution is -2.56. The van der Waals surface area contributed by atoms with Gasteiger partial charge in [-0.2, -0.15) is 0 Å². The summed E-state index contributed by atoms with van der Waals surface area (Å²) in [6, 6.07) is 0. The highest BCUT2D eigenvalue weighted by Crippen LogP contribution is 2.69. The lowest BCUT2D eigenvalue weighted by molar-refractivity contribution is -0.152. The minimum atomic E-state index is -0.0963. The van der Waals surface area contributed by atoms with Gasteiger partial charge in [-0.15, -0.1) is 6.58 Å². The van der Waals surface area contributed by atoms with Gasteiger partial charge in [0.15, 0.2) is 0 Å². The van der Waals surface area contributed by atoms with Crippen molar-refractivity contribution < 1.29 is 5.11 Å². The van der Waals surface area contributed by atoms with Gasteiger partial charge in [0.1, 0.15) is 0 Å². The summed E-state index contributed by atoms with van der Waals surface area (Å²) in [6.45, 7) is 19.3. The Morgan fingerprint density at radius 2 is 1.55 bits per heavy atom. The van der Waals surface area contributed by atoms with E-state index in [1.165, 1.54) is 64.2 Å². The first-order valence-electron chi connectivity index (χ1n) is 15.0. The van der Waals surface area contributed by atoms with E-state index in [0.29, 0.717) is 22.7 Å². The van der Waals surface area contributed by atoms with Gasteiger partial charge < -0.3 is 5.11 Å². The molecule has 4 fully saturated rings. The molecule has 0 radical (unpaired) electrons. The van der Waals surface area contributed by atoms with Gasteiger partial charge in [-0.3, -0.25) is 0 Å². The summed E-state index contributed by atoms with van der Waals surface area (Å²) in [5.41, 5.74) is 1.03. The van der Waals surface area contributed by atoms with Crippen molar-refractivity contribution in [3.05, 3.63) is 12.7 Å². The van der Waals surface area contributed by atoms with Crippen LogP contribution in [0, 0.1) is 64.1 Å². The molecular formula is C32H56O. The first-order valence-corrected chi connectivity index (χ1v) is 15.0. The summed E-state index contributed by atoms with van der Waals surface area (Å²) in [7, 11) is 0. The van der Waals surface area contributed by atoms with E-state index in [1.807, 2.05) is 0 Å². The van der Waals surface area contributed by atoms with Crippen molar-refractivity contribution in [2.24, 2.45) is 64.1 Å². The molecule has 0 aromatic carbocycles. The van der Waals surface area contributed by atoms with Crippen LogP contribution in [-0.2, 0) is 0 Å². The predicted molar refractivity (Wildman–Crippen MR) is 142 cm³/mol. The second-order valence-corrected chi connectivity index (χ2v) is 14.1. The van der Waals surface area contributed by atoms with Crippen LogP contribution in [0.15, 0.2) is 12.7 Å². The van der Waals surface area contributed by atoms with Crippen LogP contribution in [0.4, 0.5) is 0 Å². The average molecular weight is 457 g/mol. The highest BCUT2D eigenvalue weighted by Gasteiger charge is 2.61. The van der Waals surface area contributed by atoms with E-state index in [-0.39, 0.29) is 6.10 Å². The molecule has 4 aliphatic carbocycles. The topological polar surface area (TPSA) is 20.2 Å². The Kier molecular flexibility index (Phi) is 7.80. The zero-order valence-corrected chi connectivity index (χ0v) is 23.0. The molecule has 1 unspecified atom stereocenters. The third kappa shape index (κ3) is 4.40. The summed E-state index contributed by atoms with van der Waals surface area (Å²) in [5, 5.41) is 10.8. The Bertz CT molecular complexity index is 667. The van der Waals surface area contributed by atoms with Crippen LogP contribution in [0.2, 0.25) is 0 Å². The normalized spacial score (nSPS) is 46.8. The lowest BCUT2D eigenvalue weighted by Gasteiger charge is -2.62. The summed E-state index contributed by atoms with van der Waals surface area (Å²) in [4.78, 5) is 0. The maximum atomic E-state index is 10.8. The fourth-order valence-corrected chi connectivity index (χ4v) is 10.7. The first kappa shape index (κ1) is 25.8. The van der Waals surface area contributed by atoms with E-state index in [1.54, 1.807) is 0 Å². The summed E-state index contributed by atoms with van der Waals surface area (Å²) in [5.74, 6) is 7.54. The number of hydrogen-bond acceptors (Lipinski definition) is 1. The fraction of sp³-hybridized carbons (Fsp3) is 0.938. The van der Waals surface area contributed by atoms with Crippen molar-refractivity contribution in [2.75, 3.05) is 0 Å². The molecule has 4 rings (SSSR count). The smallest absolute Gasteiger partial charge is 0.0574 e. The molecule has 0 heterocycles. The van der Waals surface area contributed by atoms with E-state index in [0.717, 1.165) is 54.3 Å². The average Bonchev–Trinajstić information content (AvgIpc) is 3.13. The number of aliphatic hydroxyl groups is 1. The first-order chi connectivity index (χ1) is 15.7. The highest BCUT2D eigenvalue weighted by atomic mass is 16.3. The second-order valence-electron chi connectivity index (χ2n) is 14.1. The Hall–Kier alpha value is -0.300. The van der Waals surface area contributed by atoms with Crippen molar-refractivity contribution in [3.63, 3.8) is 0 Å². The molecule has 4 saturated carbocycles. The van der Waals surface area contributed by atoms with Gasteiger partial charge >= 0.3 is 0 Å². The molecule has 1 heteroatoms. The minimum absolute atomic E-state index is 0.0963. The Morgan fingerprint density at radius 3 is 2.21 bits per heavy atom. The van der Waals surface area contributed by atoms with Gasteiger partial charge in [0.25, 0.3) is 0 Å². The van der Waals surface area contributed by atoms with Gasteiger partial charge in [0, 0.05) is 0 Å². The van der Waals surface area contributed by atoms with Crippen LogP contribution in [0.5, 0.6) is 0 Å². The summed E-state index contributed by atoms with van der Waals surface area (Å²) >= 11 is 0. The SMILES string of the molecule is C=CC[C@H]1C2CC[C@H]3[C@@H]4CC[C@H]([C@H](C)CC[C@@H](CC)C(C)C)[C@@]4(C)CC[C@@H]3[C@@]2(C)CC[C@H]1O. The molecule has 4 aliphatic rings. The standard InChI is InChI=1S/C32H56O/c1-8-10-25-28-14-13-24-27-16-15-26(22(5)11-12-23(9-2)21(3)4)31(27,6)19-17-29(24)32(28,7)20-18-30(25)33/h8,21-30,33H,1,9-20H2,2-7H3/t22-,23-,24+,25+,26-,27+,28?,29+,30-,31-,32+/m1/s1. The summed E-state index contributed by atoms with van der Waals surface area (Å²) < 4.78 is 0. The zero-order valence-electron chi connectivity index (χ0n) is 23.0. The Morgan fingerprint density at radius 1 is 0.879 bits per heavy atom. The molecule has 0 amide bonds. The molecule has 0 saturated heterocycles. The molecule has 33 heavy (non-hydrogen) atoms. The van der Waals surface area contributed by atoms with Gasteiger partial charge in [-0.1, -0.05) is 60.5 Å². The van der Waals surface area contributed by atoms with Gasteiger partial charge in [0.05, 0.1) is 6.10 Å². The molecule has 0 aromatic rings. The predicted octanol–water partition coefficient (Wildman–Crippen LogP) is 8.91. The third-order valence-electron chi connectivity index (χ3n) is 12.6. The van der Waals surface area contributed by atoms with E-state index in [9.17, 15) is 5.11 Å². The maximum absolute atomic E-state index is 10.8. The molecule has 0 bridgehead atoms. The molecule has 1 N–H and O–H groups in total. The molecule has 0 aliphatic heterocycles. The molecule has 0 aromatic heterocycles. The summed E-state index contributed by atoms with van der Waals surface area (Å²) in [6.07, 6.45) is 18.2. The quantitative estimate of drug-likeness (QED) is 0.361. The third-order valence-corrected chi connectivity index (χ3v) is 12.6. The molecule has 1 nitrogen and oxygen atoms in total. The van der Waals surface area contributed by atoms with Crippen molar-refractivity contribution in [1.29, 1.82) is 0 Å². The van der Waals surface area contributed by atoms with Crippen LogP contribution in [0.1, 0.15) is 119 Å². The van der Waals surface area contributed by atoms with E-state index in [4.69, 9.17) is 0 Å². The second kappa shape index (κ2) is 9.99. The highest BCUT2D eigenvalue weighted by molar-refractivity contribution is 5.11. The number of allylic oxidation sites excluding steroid dienone is 1. The Balaban J connectivity index is 1.47. The fourth-order valence-electron chi connectivity index (χ4n) is 10.7. The molecule has 0 spiro atoms. The van der Waals surface area contributed by atoms with Crippen LogP contribution in [-0.4, -0.2) is 11.2 Å². The minimum Gasteiger partial charge on any atom is -0.393 e. The van der Waals surface area contributed by atoms with Crippen LogP contribution >= 0.6 is 0 Å². The van der Waals surface area contributed by atoms with Crippen molar-refractivity contribution >= 4 is 0 Å². The molecule has 11 atom stereocenters. The number of hydrogen-bond donors (Lipinski definition) is 1.